The van der Waals surface area contributed by atoms with E-state index >= 15 is 0 Å². The topological polar surface area (TPSA) is 91.8 Å². The van der Waals surface area contributed by atoms with E-state index in [1.165, 1.54) is 0 Å². The Hall–Kier alpha value is -4.17. The highest BCUT2D eigenvalue weighted by atomic mass is 16.1. The van der Waals surface area contributed by atoms with Gasteiger partial charge in [-0.25, -0.2) is 4.98 Å². The first-order chi connectivity index (χ1) is 14.2. The van der Waals surface area contributed by atoms with Crippen molar-refractivity contribution in [2.24, 2.45) is 5.73 Å². The number of aromatic nitrogens is 1. The number of pyridine rings is 1. The average Bonchev–Trinajstić information content (AvgIpc) is 2.77. The number of nitrogens with zero attached hydrogens (tertiary/aromatic N) is 2. The Balaban J connectivity index is 1.93. The smallest absolute Gasteiger partial charge is 0.249 e. The minimum Gasteiger partial charge on any atom is -0.379 e. The Bertz CT molecular complexity index is 1240. The van der Waals surface area contributed by atoms with E-state index in [1.807, 2.05) is 54.6 Å². The van der Waals surface area contributed by atoms with Crippen molar-refractivity contribution in [3.05, 3.63) is 95.6 Å². The van der Waals surface area contributed by atoms with Gasteiger partial charge in [0.2, 0.25) is 5.91 Å². The number of nitriles is 1. The SMILES string of the molecule is N#Cc1c(-c2ccccc2C(N)=O)nc2ccccc2c1NCc1ccccc1. The highest BCUT2D eigenvalue weighted by molar-refractivity contribution is 6.03. The number of amides is 1. The molecule has 0 radical (unpaired) electrons. The number of carbonyl (C=O) groups is 1. The molecule has 1 amide bonds. The third-order valence-electron chi connectivity index (χ3n) is 4.76. The Kier molecular flexibility index (Phi) is 4.91. The molecule has 3 N–H and O–H groups in total. The fraction of sp³-hybridized carbons (Fsp3) is 0.0417. The van der Waals surface area contributed by atoms with E-state index in [0.717, 1.165) is 16.5 Å². The number of benzene rings is 3. The Morgan fingerprint density at radius 1 is 0.966 bits per heavy atom. The molecule has 4 aromatic rings. The number of nitrogens with one attached hydrogen (secondary N) is 1. The lowest BCUT2D eigenvalue weighted by Crippen LogP contribution is -2.13. The van der Waals surface area contributed by atoms with Crippen LogP contribution in [0.2, 0.25) is 0 Å². The number of para-hydroxylation sites is 1. The molecule has 140 valence electrons. The van der Waals surface area contributed by atoms with Crippen LogP contribution in [0.1, 0.15) is 21.5 Å². The van der Waals surface area contributed by atoms with Gasteiger partial charge in [0.05, 0.1) is 16.9 Å². The van der Waals surface area contributed by atoms with Crippen LogP contribution in [0.4, 0.5) is 5.69 Å². The summed E-state index contributed by atoms with van der Waals surface area (Å²) in [4.78, 5) is 16.7. The second-order valence-corrected chi connectivity index (χ2v) is 6.59. The Morgan fingerprint density at radius 2 is 1.66 bits per heavy atom. The molecule has 4 rings (SSSR count). The fourth-order valence-corrected chi connectivity index (χ4v) is 3.39. The predicted molar refractivity (Wildman–Crippen MR) is 114 cm³/mol. The average molecular weight is 378 g/mol. The van der Waals surface area contributed by atoms with E-state index in [0.29, 0.717) is 34.6 Å². The van der Waals surface area contributed by atoms with Gasteiger partial charge in [-0.2, -0.15) is 5.26 Å². The second kappa shape index (κ2) is 7.83. The summed E-state index contributed by atoms with van der Waals surface area (Å²) in [5.74, 6) is -0.557. The van der Waals surface area contributed by atoms with E-state index in [1.54, 1.807) is 24.3 Å². The van der Waals surface area contributed by atoms with Crippen LogP contribution in [0.3, 0.4) is 0 Å². The van der Waals surface area contributed by atoms with Gasteiger partial charge < -0.3 is 11.1 Å². The van der Waals surface area contributed by atoms with Crippen LogP contribution in [0.5, 0.6) is 0 Å². The van der Waals surface area contributed by atoms with Crippen LogP contribution in [-0.2, 0) is 6.54 Å². The van der Waals surface area contributed by atoms with Crippen molar-refractivity contribution in [2.75, 3.05) is 5.32 Å². The molecule has 0 aliphatic rings. The van der Waals surface area contributed by atoms with Gasteiger partial charge in [0.1, 0.15) is 11.6 Å². The number of nitrogens with two attached hydrogens (primary N) is 1. The number of fused-ring (bicyclic) bond motifs is 1. The molecule has 0 aliphatic carbocycles. The first-order valence-electron chi connectivity index (χ1n) is 9.19. The maximum atomic E-state index is 11.9. The third-order valence-corrected chi connectivity index (χ3v) is 4.76. The van der Waals surface area contributed by atoms with Gasteiger partial charge in [0.25, 0.3) is 0 Å². The summed E-state index contributed by atoms with van der Waals surface area (Å²) in [5.41, 5.74) is 9.79. The zero-order valence-electron chi connectivity index (χ0n) is 15.6. The minimum atomic E-state index is -0.557. The standard InChI is InChI=1S/C24H18N4O/c25-14-20-22(27-15-16-8-2-1-3-9-16)19-12-6-7-13-21(19)28-23(20)17-10-4-5-11-18(17)24(26)29/h1-13H,15H2,(H2,26,29)(H,27,28). The normalized spacial score (nSPS) is 10.4. The van der Waals surface area contributed by atoms with Gasteiger partial charge in [0, 0.05) is 23.1 Å². The second-order valence-electron chi connectivity index (χ2n) is 6.59. The first-order valence-corrected chi connectivity index (χ1v) is 9.19. The molecule has 1 heterocycles. The summed E-state index contributed by atoms with van der Waals surface area (Å²) in [5, 5.41) is 14.3. The summed E-state index contributed by atoms with van der Waals surface area (Å²) in [7, 11) is 0. The minimum absolute atomic E-state index is 0.334. The summed E-state index contributed by atoms with van der Waals surface area (Å²) in [6.07, 6.45) is 0. The molecule has 5 heteroatoms. The molecule has 3 aromatic carbocycles. The Labute approximate surface area is 168 Å². The van der Waals surface area contributed by atoms with Crippen molar-refractivity contribution >= 4 is 22.5 Å². The predicted octanol–water partition coefficient (Wildman–Crippen LogP) is 4.48. The van der Waals surface area contributed by atoms with Gasteiger partial charge in [-0.05, 0) is 17.7 Å². The van der Waals surface area contributed by atoms with Crippen LogP contribution in [0, 0.1) is 11.3 Å². The first kappa shape index (κ1) is 18.2. The van der Waals surface area contributed by atoms with E-state index in [4.69, 9.17) is 10.7 Å². The van der Waals surface area contributed by atoms with Crippen molar-refractivity contribution in [3.8, 4) is 17.3 Å². The highest BCUT2D eigenvalue weighted by Gasteiger charge is 2.19. The van der Waals surface area contributed by atoms with Crippen molar-refractivity contribution in [3.63, 3.8) is 0 Å². The molecule has 0 saturated carbocycles. The number of rotatable bonds is 5. The van der Waals surface area contributed by atoms with E-state index < -0.39 is 5.91 Å². The number of carbonyl (C=O) groups excluding carboxylic acids is 1. The number of primary amides is 1. The van der Waals surface area contributed by atoms with Gasteiger partial charge in [-0.1, -0.05) is 66.7 Å². The lowest BCUT2D eigenvalue weighted by Gasteiger charge is -2.16. The molecule has 0 fully saturated rings. The maximum absolute atomic E-state index is 11.9. The lowest BCUT2D eigenvalue weighted by molar-refractivity contribution is 0.100. The van der Waals surface area contributed by atoms with E-state index in [9.17, 15) is 10.1 Å². The molecule has 1 aromatic heterocycles. The van der Waals surface area contributed by atoms with E-state index in [-0.39, 0.29) is 0 Å². The van der Waals surface area contributed by atoms with Gasteiger partial charge >= 0.3 is 0 Å². The highest BCUT2D eigenvalue weighted by Crippen LogP contribution is 2.35. The summed E-state index contributed by atoms with van der Waals surface area (Å²) < 4.78 is 0. The molecule has 0 saturated heterocycles. The molecule has 29 heavy (non-hydrogen) atoms. The third kappa shape index (κ3) is 3.52. The van der Waals surface area contributed by atoms with Crippen LogP contribution in [-0.4, -0.2) is 10.9 Å². The zero-order chi connectivity index (χ0) is 20.2. The lowest BCUT2D eigenvalue weighted by atomic mass is 9.97. The van der Waals surface area contributed by atoms with Crippen molar-refractivity contribution in [1.29, 1.82) is 5.26 Å². The number of hydrogen-bond acceptors (Lipinski definition) is 4. The Morgan fingerprint density at radius 3 is 2.41 bits per heavy atom. The maximum Gasteiger partial charge on any atom is 0.249 e. The molecular weight excluding hydrogens is 360 g/mol. The molecule has 0 bridgehead atoms. The van der Waals surface area contributed by atoms with Crippen LogP contribution < -0.4 is 11.1 Å². The van der Waals surface area contributed by atoms with Crippen molar-refractivity contribution < 1.29 is 4.79 Å². The monoisotopic (exact) mass is 378 g/mol. The number of anilines is 1. The van der Waals surface area contributed by atoms with Crippen molar-refractivity contribution in [1.82, 2.24) is 4.98 Å². The molecule has 0 atom stereocenters. The molecule has 5 nitrogen and oxygen atoms in total. The largest absolute Gasteiger partial charge is 0.379 e. The summed E-state index contributed by atoms with van der Waals surface area (Å²) in [6, 6.07) is 26.8. The number of hydrogen-bond donors (Lipinski definition) is 2. The van der Waals surface area contributed by atoms with Crippen LogP contribution in [0.15, 0.2) is 78.9 Å². The molecule has 0 aliphatic heterocycles. The van der Waals surface area contributed by atoms with Crippen LogP contribution >= 0.6 is 0 Å². The van der Waals surface area contributed by atoms with Gasteiger partial charge in [0.15, 0.2) is 0 Å². The quantitative estimate of drug-likeness (QED) is 0.535. The van der Waals surface area contributed by atoms with Gasteiger partial charge in [-0.15, -0.1) is 0 Å². The molecule has 0 unspecified atom stereocenters. The van der Waals surface area contributed by atoms with Gasteiger partial charge in [-0.3, -0.25) is 4.79 Å². The molecule has 0 spiro atoms. The summed E-state index contributed by atoms with van der Waals surface area (Å²) >= 11 is 0. The molecular formula is C24H18N4O. The van der Waals surface area contributed by atoms with Crippen molar-refractivity contribution in [2.45, 2.75) is 6.54 Å². The van der Waals surface area contributed by atoms with Crippen LogP contribution in [0.25, 0.3) is 22.2 Å². The zero-order valence-corrected chi connectivity index (χ0v) is 15.6. The van der Waals surface area contributed by atoms with E-state index in [2.05, 4.69) is 11.4 Å². The fourth-order valence-electron chi connectivity index (χ4n) is 3.39. The summed E-state index contributed by atoms with van der Waals surface area (Å²) in [6.45, 7) is 0.556.